The first-order valence-corrected chi connectivity index (χ1v) is 14.5. The molecule has 0 unspecified atom stereocenters. The SMILES string of the molecule is C=CCc1ccn(S(N)(=O)=O)c1C.CN(CCCN)C(=O)c1ccc(-c2ccn(S(N)(=O)=O)c2C(=O)O)cc1. The number of rotatable bonds is 10. The van der Waals surface area contributed by atoms with Crippen molar-refractivity contribution in [2.75, 3.05) is 20.1 Å². The Hall–Kier alpha value is -3.76. The molecule has 2 aromatic heterocycles. The fraction of sp³-hybridized carbons (Fsp3) is 0.250. The molecule has 13 nitrogen and oxygen atoms in total. The number of hydrogen-bond acceptors (Lipinski definition) is 7. The summed E-state index contributed by atoms with van der Waals surface area (Å²) < 4.78 is 46.6. The van der Waals surface area contributed by atoms with Crippen LogP contribution in [0.25, 0.3) is 11.1 Å². The lowest BCUT2D eigenvalue weighted by molar-refractivity contribution is 0.0689. The molecule has 0 aliphatic carbocycles. The van der Waals surface area contributed by atoms with Crippen molar-refractivity contribution in [1.82, 2.24) is 12.8 Å². The fourth-order valence-corrected chi connectivity index (χ4v) is 5.08. The van der Waals surface area contributed by atoms with Crippen molar-refractivity contribution >= 4 is 32.3 Å². The lowest BCUT2D eigenvalue weighted by Crippen LogP contribution is -2.28. The maximum Gasteiger partial charge on any atom is 0.354 e. The zero-order valence-corrected chi connectivity index (χ0v) is 23.2. The highest BCUT2D eigenvalue weighted by molar-refractivity contribution is 7.87. The molecule has 1 amide bonds. The van der Waals surface area contributed by atoms with Crippen LogP contribution in [-0.2, 0) is 26.8 Å². The smallest absolute Gasteiger partial charge is 0.354 e. The first kappa shape index (κ1) is 31.5. The third-order valence-electron chi connectivity index (χ3n) is 5.66. The topological polar surface area (TPSA) is 214 Å². The minimum absolute atomic E-state index is 0.182. The average molecular weight is 581 g/mol. The van der Waals surface area contributed by atoms with Crippen molar-refractivity contribution in [3.63, 3.8) is 0 Å². The van der Waals surface area contributed by atoms with E-state index in [0.29, 0.717) is 46.7 Å². The average Bonchev–Trinajstić information content (AvgIpc) is 3.47. The van der Waals surface area contributed by atoms with E-state index in [1.807, 2.05) is 0 Å². The molecule has 39 heavy (non-hydrogen) atoms. The molecule has 3 aromatic rings. The number of hydrogen-bond donors (Lipinski definition) is 4. The third kappa shape index (κ3) is 7.87. The van der Waals surface area contributed by atoms with Crippen LogP contribution in [0.15, 0.2) is 61.4 Å². The lowest BCUT2D eigenvalue weighted by atomic mass is 10.0. The molecular formula is C24H32N6O7S2. The Morgan fingerprint density at radius 3 is 2.03 bits per heavy atom. The summed E-state index contributed by atoms with van der Waals surface area (Å²) in [4.78, 5) is 25.3. The number of carbonyl (C=O) groups excluding carboxylic acids is 1. The van der Waals surface area contributed by atoms with Crippen LogP contribution in [0.4, 0.5) is 0 Å². The van der Waals surface area contributed by atoms with E-state index in [1.165, 1.54) is 12.3 Å². The summed E-state index contributed by atoms with van der Waals surface area (Å²) in [5.41, 5.74) is 7.59. The zero-order chi connectivity index (χ0) is 29.5. The van der Waals surface area contributed by atoms with E-state index in [0.717, 1.165) is 15.7 Å². The molecule has 0 saturated heterocycles. The molecule has 212 valence electrons. The normalized spacial score (nSPS) is 11.4. The summed E-state index contributed by atoms with van der Waals surface area (Å²) in [7, 11) is -6.22. The van der Waals surface area contributed by atoms with Crippen LogP contribution in [0.1, 0.15) is 38.5 Å². The number of benzene rings is 1. The zero-order valence-electron chi connectivity index (χ0n) is 21.5. The van der Waals surface area contributed by atoms with Crippen molar-refractivity contribution in [1.29, 1.82) is 0 Å². The van der Waals surface area contributed by atoms with Gasteiger partial charge in [-0.05, 0) is 61.7 Å². The second-order valence-electron chi connectivity index (χ2n) is 8.43. The van der Waals surface area contributed by atoms with Gasteiger partial charge >= 0.3 is 26.4 Å². The summed E-state index contributed by atoms with van der Waals surface area (Å²) in [6, 6.07) is 9.28. The fourth-order valence-electron chi connectivity index (χ4n) is 3.69. The van der Waals surface area contributed by atoms with E-state index >= 15 is 0 Å². The van der Waals surface area contributed by atoms with Gasteiger partial charge in [0, 0.05) is 42.8 Å². The quantitative estimate of drug-likeness (QED) is 0.252. The van der Waals surface area contributed by atoms with Crippen molar-refractivity contribution in [2.45, 2.75) is 19.8 Å². The van der Waals surface area contributed by atoms with E-state index in [-0.39, 0.29) is 11.5 Å². The number of amides is 1. The number of aromatic carboxylic acids is 1. The Balaban J connectivity index is 0.000000344. The highest BCUT2D eigenvalue weighted by Gasteiger charge is 2.23. The summed E-state index contributed by atoms with van der Waals surface area (Å²) in [6.45, 7) is 6.30. The van der Waals surface area contributed by atoms with Crippen LogP contribution in [0.3, 0.4) is 0 Å². The maximum absolute atomic E-state index is 12.3. The van der Waals surface area contributed by atoms with Crippen molar-refractivity contribution < 1.29 is 31.5 Å². The van der Waals surface area contributed by atoms with Gasteiger partial charge in [-0.15, -0.1) is 6.58 Å². The second kappa shape index (κ2) is 12.9. The van der Waals surface area contributed by atoms with Gasteiger partial charge in [0.25, 0.3) is 5.91 Å². The van der Waals surface area contributed by atoms with E-state index in [9.17, 15) is 31.5 Å². The van der Waals surface area contributed by atoms with E-state index in [2.05, 4.69) is 6.58 Å². The molecule has 0 fully saturated rings. The van der Waals surface area contributed by atoms with E-state index < -0.39 is 32.1 Å². The maximum atomic E-state index is 12.3. The van der Waals surface area contributed by atoms with Crippen LogP contribution in [-0.4, -0.2) is 66.8 Å². The van der Waals surface area contributed by atoms with Gasteiger partial charge in [0.15, 0.2) is 5.69 Å². The van der Waals surface area contributed by atoms with Gasteiger partial charge in [0.1, 0.15) is 0 Å². The molecule has 2 heterocycles. The molecule has 0 atom stereocenters. The Morgan fingerprint density at radius 2 is 1.56 bits per heavy atom. The van der Waals surface area contributed by atoms with Crippen molar-refractivity contribution in [3.8, 4) is 11.1 Å². The number of aromatic nitrogens is 2. The molecule has 0 bridgehead atoms. The molecular weight excluding hydrogens is 548 g/mol. The molecule has 0 saturated carbocycles. The second-order valence-corrected chi connectivity index (χ2v) is 11.3. The Kier molecular flexibility index (Phi) is 10.4. The first-order valence-electron chi connectivity index (χ1n) is 11.5. The van der Waals surface area contributed by atoms with Gasteiger partial charge in [-0.2, -0.15) is 16.8 Å². The standard InChI is InChI=1S/C16H20N4O5S.C8H12N2O2S/c1-19(9-2-8-17)15(21)12-5-3-11(4-6-12)13-7-10-20(26(18,24)25)14(13)16(22)23;1-3-4-8-5-6-10(7(8)2)13(9,11)12/h3-7,10H,2,8-9,17H2,1H3,(H,22,23)(H2,18,24,25);3,5-6H,1,4H2,2H3,(H2,9,11,12). The minimum Gasteiger partial charge on any atom is -0.477 e. The van der Waals surface area contributed by atoms with Gasteiger partial charge in [0.2, 0.25) is 0 Å². The van der Waals surface area contributed by atoms with Crippen molar-refractivity contribution in [3.05, 3.63) is 84.0 Å². The molecule has 0 spiro atoms. The summed E-state index contributed by atoms with van der Waals surface area (Å²) >= 11 is 0. The molecule has 0 aliphatic heterocycles. The van der Waals surface area contributed by atoms with Gasteiger partial charge in [-0.3, -0.25) is 4.79 Å². The number of nitrogens with zero attached hydrogens (tertiary/aromatic N) is 3. The Bertz CT molecular complexity index is 1560. The summed E-state index contributed by atoms with van der Waals surface area (Å²) in [5.74, 6) is -1.62. The molecule has 1 aromatic carbocycles. The third-order valence-corrected chi connectivity index (χ3v) is 7.46. The highest BCUT2D eigenvalue weighted by atomic mass is 32.2. The van der Waals surface area contributed by atoms with E-state index in [4.69, 9.17) is 16.0 Å². The van der Waals surface area contributed by atoms with Crippen LogP contribution in [0.2, 0.25) is 0 Å². The summed E-state index contributed by atoms with van der Waals surface area (Å²) in [6.07, 6.45) is 5.57. The minimum atomic E-state index is -4.24. The molecule has 0 aliphatic rings. The lowest BCUT2D eigenvalue weighted by Gasteiger charge is -2.16. The van der Waals surface area contributed by atoms with Crippen LogP contribution >= 0.6 is 0 Å². The molecule has 7 N–H and O–H groups in total. The van der Waals surface area contributed by atoms with Crippen molar-refractivity contribution in [2.24, 2.45) is 16.0 Å². The molecule has 3 rings (SSSR count). The molecule has 0 radical (unpaired) electrons. The first-order chi connectivity index (χ1) is 18.1. The number of allylic oxidation sites excluding steroid dienone is 1. The Labute approximate surface area is 227 Å². The predicted octanol–water partition coefficient (Wildman–Crippen LogP) is 0.902. The summed E-state index contributed by atoms with van der Waals surface area (Å²) in [5, 5.41) is 19.4. The largest absolute Gasteiger partial charge is 0.477 e. The highest BCUT2D eigenvalue weighted by Crippen LogP contribution is 2.26. The number of carboxylic acid groups (broad SMARTS) is 1. The molecule has 15 heteroatoms. The number of carbonyl (C=O) groups is 2. The van der Waals surface area contributed by atoms with Crippen LogP contribution in [0.5, 0.6) is 0 Å². The van der Waals surface area contributed by atoms with Gasteiger partial charge in [-0.25, -0.2) is 23.0 Å². The monoisotopic (exact) mass is 580 g/mol. The van der Waals surface area contributed by atoms with Crippen LogP contribution in [0, 0.1) is 6.92 Å². The Morgan fingerprint density at radius 1 is 1.00 bits per heavy atom. The van der Waals surface area contributed by atoms with E-state index in [1.54, 1.807) is 55.3 Å². The van der Waals surface area contributed by atoms with Crippen LogP contribution < -0.4 is 16.0 Å². The van der Waals surface area contributed by atoms with Gasteiger partial charge in [-0.1, -0.05) is 18.2 Å². The number of nitrogens with two attached hydrogens (primary N) is 3. The van der Waals surface area contributed by atoms with Gasteiger partial charge < -0.3 is 15.7 Å². The van der Waals surface area contributed by atoms with Gasteiger partial charge in [0.05, 0.1) is 0 Å². The predicted molar refractivity (Wildman–Crippen MR) is 148 cm³/mol. The number of carboxylic acids is 1.